The second-order valence-electron chi connectivity index (χ2n) is 30.5. The predicted molar refractivity (Wildman–Crippen MR) is 469 cm³/mol. The molecule has 20 aromatic rings. The first-order valence-corrected chi connectivity index (χ1v) is 41.9. The Balaban J connectivity index is 0.000000155. The Morgan fingerprint density at radius 1 is 0.143 bits per heavy atom. The van der Waals surface area contributed by atoms with Gasteiger partial charge in [0.15, 0.2) is 0 Å². The highest BCUT2D eigenvalue weighted by molar-refractivity contribution is 6.11. The molecule has 0 unspecified atom stereocenters. The van der Waals surface area contributed by atoms with Gasteiger partial charge in [0.25, 0.3) is 0 Å². The van der Waals surface area contributed by atoms with Gasteiger partial charge in [0.1, 0.15) is 0 Å². The number of aliphatic hydroxyl groups is 2. The van der Waals surface area contributed by atoms with E-state index in [-0.39, 0.29) is 13.2 Å². The molecule has 0 spiro atoms. The lowest BCUT2D eigenvalue weighted by atomic mass is 9.66. The summed E-state index contributed by atoms with van der Waals surface area (Å²) in [6.45, 7) is 12.7. The van der Waals surface area contributed by atoms with E-state index in [9.17, 15) is 0 Å². The quantitative estimate of drug-likeness (QED) is 0.0396. The maximum Gasteiger partial charge on any atom is 0.0669 e. The van der Waals surface area contributed by atoms with Gasteiger partial charge in [-0.1, -0.05) is 0 Å². The van der Waals surface area contributed by atoms with Gasteiger partial charge in [-0.2, -0.15) is 81.6 Å². The highest BCUT2D eigenvalue weighted by atomic mass is 16.3. The van der Waals surface area contributed by atoms with Gasteiger partial charge >= 0.3 is 0 Å². The molecular weight excluding hydrogens is 1590 g/mol. The Hall–Kier alpha value is -15.8. The fourth-order valence-corrected chi connectivity index (χ4v) is 17.8. The summed E-state index contributed by atoms with van der Waals surface area (Å²) in [7, 11) is 0. The lowest BCUT2D eigenvalue weighted by molar-refractivity contribution is 0.318. The largest absolute Gasteiger partial charge is 0.397 e. The molecule has 22 rings (SSSR count). The smallest absolute Gasteiger partial charge is 0.0669 e. The summed E-state index contributed by atoms with van der Waals surface area (Å²) in [5.41, 5.74) is 28.7. The zero-order valence-electron chi connectivity index (χ0n) is 69.6. The molecule has 34 heteroatoms. The Kier molecular flexibility index (Phi) is 23.4. The second-order valence-corrected chi connectivity index (χ2v) is 30.5. The van der Waals surface area contributed by atoms with Crippen molar-refractivity contribution in [2.24, 2.45) is 0 Å². The molecule has 0 atom stereocenters. The van der Waals surface area contributed by atoms with E-state index >= 15 is 0 Å². The van der Waals surface area contributed by atoms with Crippen molar-refractivity contribution < 1.29 is 10.2 Å². The molecule has 2 N–H and O–H groups in total. The van der Waals surface area contributed by atoms with E-state index < -0.39 is 0 Å². The van der Waals surface area contributed by atoms with Crippen molar-refractivity contribution in [1.29, 1.82) is 0 Å². The van der Waals surface area contributed by atoms with Gasteiger partial charge < -0.3 is 10.2 Å². The molecule has 16 aromatic heterocycles. The summed E-state index contributed by atoms with van der Waals surface area (Å²) in [5, 5.41) is 91.4. The number of hydrogen-bond acceptors (Lipinski definition) is 18. The van der Waals surface area contributed by atoms with E-state index in [2.05, 4.69) is 0 Å². The average Bonchev–Trinajstić information content (AvgIpc) is 0.959. The number of hydrogen-bond donors (Lipinski definition) is 2. The standard InChI is InChI=1S/2C44H40N16.2C2H6O/c2*1-9-45-53(17-1)25-33-34(26-54-18-2-10-46-54)38(30-58-22-6-14-50-58)42-41(37(33)29-57-21-5-13-49-57)43-39(31-59-23-7-15-51-59)35(27-55-19-3-11-47-55)36(28-56-20-4-12-48-56)40(44(42)43)32-60-24-8-16-52-60;2*1-2-3/h2*1-24H,25-32H2;2*3H,2H2,1H3. The van der Waals surface area contributed by atoms with Crippen LogP contribution in [0.1, 0.15) is 103 Å². The van der Waals surface area contributed by atoms with Crippen LogP contribution in [0, 0.1) is 0 Å². The molecule has 0 saturated heterocycles. The van der Waals surface area contributed by atoms with Gasteiger partial charge in [-0.05, 0) is 244 Å². The molecule has 0 saturated carbocycles. The third kappa shape index (κ3) is 16.8. The van der Waals surface area contributed by atoms with Gasteiger partial charge in [-0.25, -0.2) is 0 Å². The molecule has 2 aliphatic rings. The number of aromatic nitrogens is 32. The first-order valence-electron chi connectivity index (χ1n) is 41.9. The molecule has 0 amide bonds. The van der Waals surface area contributed by atoms with Gasteiger partial charge in [-0.15, -0.1) is 0 Å². The monoisotopic (exact) mass is 1680 g/mol. The van der Waals surface area contributed by atoms with E-state index in [0.717, 1.165) is 0 Å². The number of benzene rings is 4. The first kappa shape index (κ1) is 79.9. The highest BCUT2D eigenvalue weighted by Crippen LogP contribution is 2.61. The third-order valence-corrected chi connectivity index (χ3v) is 22.9. The van der Waals surface area contributed by atoms with Crippen molar-refractivity contribution in [2.45, 2.75) is 119 Å². The number of nitrogens with zero attached hydrogens (tertiary/aromatic N) is 32. The normalized spacial score (nSPS) is 11.6. The lowest BCUT2D eigenvalue weighted by Gasteiger charge is -2.39. The molecule has 16 heterocycles. The minimum Gasteiger partial charge on any atom is -0.397 e. The maximum absolute atomic E-state index is 7.57. The number of rotatable bonds is 32. The molecule has 0 radical (unpaired) electrons. The SMILES string of the molecule is CCO.CCO.c1cnn(Cc2c(Cn3cccn3)c(Cn3cccn3)c3c(c2Cn2cccn2)-c2c(Cn4cccn4)c(Cn4cccn4)c(Cn4cccn4)c(Cn4cccn4)c2-3)c1.c1cnn(Cc2c(Cn3cccn3)c(Cn3cccn3)c3c(c2Cn2cccn2)-c2c(Cn4cccn4)c(Cn4cccn4)c(Cn4cccn4)c(Cn4cccn4)c2-3)c1. The number of aliphatic hydroxyl groups excluding tert-OH is 2. The van der Waals surface area contributed by atoms with E-state index in [4.69, 9.17) is 91.8 Å². The second kappa shape index (κ2) is 36.8. The minimum atomic E-state index is 0.250. The molecule has 632 valence electrons. The minimum absolute atomic E-state index is 0.250. The lowest BCUT2D eigenvalue weighted by Crippen LogP contribution is -2.26. The van der Waals surface area contributed by atoms with Crippen LogP contribution < -0.4 is 0 Å². The molecule has 4 aromatic carbocycles. The van der Waals surface area contributed by atoms with Crippen LogP contribution in [0.3, 0.4) is 0 Å². The summed E-state index contributed by atoms with van der Waals surface area (Å²) in [6, 6.07) is 31.7. The summed E-state index contributed by atoms with van der Waals surface area (Å²) in [4.78, 5) is 0. The van der Waals surface area contributed by atoms with Gasteiger partial charge in [0.05, 0.1) is 105 Å². The summed E-state index contributed by atoms with van der Waals surface area (Å²) in [5.74, 6) is 0. The fraction of sp³-hybridized carbons (Fsp3) is 0.217. The van der Waals surface area contributed by atoms with Crippen molar-refractivity contribution in [3.63, 3.8) is 0 Å². The fourth-order valence-electron chi connectivity index (χ4n) is 17.8. The number of fused-ring (bicyclic) bond motifs is 8. The molecule has 2 aliphatic carbocycles. The molecular formula is C92H92N32O2. The Bertz CT molecular complexity index is 5490. The van der Waals surface area contributed by atoms with Gasteiger partial charge in [0.2, 0.25) is 0 Å². The van der Waals surface area contributed by atoms with Crippen LogP contribution in [0.25, 0.3) is 44.5 Å². The van der Waals surface area contributed by atoms with Crippen LogP contribution in [0.5, 0.6) is 0 Å². The topological polar surface area (TPSA) is 326 Å². The van der Waals surface area contributed by atoms with E-state index in [1.807, 2.05) is 370 Å². The van der Waals surface area contributed by atoms with Crippen LogP contribution in [0.2, 0.25) is 0 Å². The van der Waals surface area contributed by atoms with E-state index in [1.54, 1.807) is 13.8 Å². The molecule has 34 nitrogen and oxygen atoms in total. The Labute approximate surface area is 723 Å². The predicted octanol–water partition coefficient (Wildman–Crippen LogP) is 10.6. The van der Waals surface area contributed by atoms with Crippen molar-refractivity contribution in [3.05, 3.63) is 384 Å². The zero-order chi connectivity index (χ0) is 85.1. The van der Waals surface area contributed by atoms with Crippen molar-refractivity contribution >= 4 is 0 Å². The molecule has 0 bridgehead atoms. The molecule has 0 fully saturated rings. The Morgan fingerprint density at radius 2 is 0.214 bits per heavy atom. The van der Waals surface area contributed by atoms with Gasteiger partial charge in [0, 0.05) is 212 Å². The summed E-state index contributed by atoms with van der Waals surface area (Å²) < 4.78 is 32.3. The third-order valence-electron chi connectivity index (χ3n) is 22.9. The van der Waals surface area contributed by atoms with Crippen LogP contribution in [-0.4, -0.2) is 180 Å². The van der Waals surface area contributed by atoms with Crippen molar-refractivity contribution in [2.75, 3.05) is 13.2 Å². The average molecular weight is 1680 g/mol. The van der Waals surface area contributed by atoms with E-state index in [1.165, 1.54) is 134 Å². The summed E-state index contributed by atoms with van der Waals surface area (Å²) in [6.07, 6.45) is 62.1. The van der Waals surface area contributed by atoms with E-state index in [0.29, 0.717) is 105 Å². The van der Waals surface area contributed by atoms with Crippen LogP contribution >= 0.6 is 0 Å². The Morgan fingerprint density at radius 3 is 0.278 bits per heavy atom. The summed E-state index contributed by atoms with van der Waals surface area (Å²) >= 11 is 0. The molecule has 126 heavy (non-hydrogen) atoms. The molecule has 0 aliphatic heterocycles. The van der Waals surface area contributed by atoms with Gasteiger partial charge in [-0.3, -0.25) is 74.9 Å². The van der Waals surface area contributed by atoms with Crippen LogP contribution in [0.15, 0.2) is 295 Å². The zero-order valence-corrected chi connectivity index (χ0v) is 69.6. The highest BCUT2D eigenvalue weighted by Gasteiger charge is 2.43. The van der Waals surface area contributed by atoms with Crippen LogP contribution in [0.4, 0.5) is 0 Å². The maximum atomic E-state index is 7.57. The first-order chi connectivity index (χ1) is 62.3. The van der Waals surface area contributed by atoms with Crippen molar-refractivity contribution in [1.82, 2.24) is 156 Å². The van der Waals surface area contributed by atoms with Crippen LogP contribution in [-0.2, 0) is 105 Å². The van der Waals surface area contributed by atoms with Crippen molar-refractivity contribution in [3.8, 4) is 44.5 Å².